The van der Waals surface area contributed by atoms with Crippen LogP contribution in [0.1, 0.15) is 13.8 Å². The maximum atomic E-state index is 12.8. The number of benzene rings is 1. The third-order valence-electron chi connectivity index (χ3n) is 3.72. The Balaban J connectivity index is 2.29. The third-order valence-corrected chi connectivity index (χ3v) is 6.86. The van der Waals surface area contributed by atoms with Gasteiger partial charge in [-0.3, -0.25) is 4.79 Å². The fraction of sp³-hybridized carbons (Fsp3) is 0.353. The van der Waals surface area contributed by atoms with E-state index in [1.807, 2.05) is 0 Å². The second-order valence-electron chi connectivity index (χ2n) is 5.95. The number of anilines is 1. The van der Waals surface area contributed by atoms with E-state index in [0.717, 1.165) is 11.3 Å². The summed E-state index contributed by atoms with van der Waals surface area (Å²) in [6.45, 7) is 3.49. The lowest BCUT2D eigenvalue weighted by molar-refractivity contribution is -0.118. The molecular formula is C17H21ClN2O5S2. The first-order valence-electron chi connectivity index (χ1n) is 7.97. The number of hydrogen-bond donors (Lipinski definition) is 2. The topological polar surface area (TPSA) is 93.7 Å². The lowest BCUT2D eigenvalue weighted by Crippen LogP contribution is -2.46. The van der Waals surface area contributed by atoms with E-state index < -0.39 is 22.0 Å². The van der Waals surface area contributed by atoms with Gasteiger partial charge in [0.2, 0.25) is 5.91 Å². The molecule has 0 saturated carbocycles. The van der Waals surface area contributed by atoms with Gasteiger partial charge in [-0.05, 0) is 17.4 Å². The number of carbonyl (C=O) groups is 1. The molecule has 2 rings (SSSR count). The predicted molar refractivity (Wildman–Crippen MR) is 106 cm³/mol. The number of rotatable bonds is 8. The van der Waals surface area contributed by atoms with Gasteiger partial charge in [0.05, 0.1) is 19.2 Å². The highest BCUT2D eigenvalue weighted by Gasteiger charge is 2.30. The van der Waals surface area contributed by atoms with E-state index in [2.05, 4.69) is 10.0 Å². The summed E-state index contributed by atoms with van der Waals surface area (Å²) in [6, 6.07) is 5.21. The molecule has 2 aromatic rings. The van der Waals surface area contributed by atoms with Gasteiger partial charge in [-0.25, -0.2) is 8.42 Å². The molecule has 0 bridgehead atoms. The molecule has 1 atom stereocenters. The highest BCUT2D eigenvalue weighted by molar-refractivity contribution is 7.91. The largest absolute Gasteiger partial charge is 0.497 e. The Morgan fingerprint density at radius 2 is 1.93 bits per heavy atom. The number of methoxy groups -OCH3 is 2. The molecule has 0 saturated heterocycles. The Hall–Kier alpha value is -1.81. The van der Waals surface area contributed by atoms with Crippen molar-refractivity contribution < 1.29 is 22.7 Å². The Labute approximate surface area is 167 Å². The molecule has 0 aliphatic carbocycles. The monoisotopic (exact) mass is 432 g/mol. The van der Waals surface area contributed by atoms with Crippen molar-refractivity contribution in [2.24, 2.45) is 5.92 Å². The molecule has 0 aliphatic heterocycles. The van der Waals surface area contributed by atoms with Crippen molar-refractivity contribution in [1.29, 1.82) is 0 Å². The van der Waals surface area contributed by atoms with E-state index >= 15 is 0 Å². The van der Waals surface area contributed by atoms with Crippen molar-refractivity contribution in [2.45, 2.75) is 24.1 Å². The molecule has 10 heteroatoms. The average molecular weight is 433 g/mol. The summed E-state index contributed by atoms with van der Waals surface area (Å²) in [4.78, 5) is 12.8. The summed E-state index contributed by atoms with van der Waals surface area (Å²) >= 11 is 7.30. The van der Waals surface area contributed by atoms with E-state index in [1.54, 1.807) is 31.4 Å². The van der Waals surface area contributed by atoms with Crippen LogP contribution < -0.4 is 19.5 Å². The van der Waals surface area contributed by atoms with E-state index in [4.69, 9.17) is 21.1 Å². The third kappa shape index (κ3) is 5.13. The minimum absolute atomic E-state index is 0.140. The molecule has 1 aromatic carbocycles. The van der Waals surface area contributed by atoms with E-state index in [-0.39, 0.29) is 20.8 Å². The minimum atomic E-state index is -3.81. The van der Waals surface area contributed by atoms with Gasteiger partial charge in [-0.1, -0.05) is 31.5 Å². The van der Waals surface area contributed by atoms with Crippen molar-refractivity contribution in [2.75, 3.05) is 19.5 Å². The molecule has 148 valence electrons. The van der Waals surface area contributed by atoms with Crippen LogP contribution in [-0.4, -0.2) is 34.6 Å². The SMILES string of the molecule is COc1cc(Cl)c(NC(=O)[C@@H](NS(=O)(=O)c2cccs2)C(C)C)c(OC)c1. The lowest BCUT2D eigenvalue weighted by atomic mass is 10.0. The second-order valence-corrected chi connectivity index (χ2v) is 9.25. The van der Waals surface area contributed by atoms with Crippen LogP contribution in [0.4, 0.5) is 5.69 Å². The Kier molecular flexibility index (Phi) is 7.10. The standard InChI is InChI=1S/C17H21ClN2O5S2/c1-10(2)15(20-27(22,23)14-6-5-7-26-14)17(21)19-16-12(18)8-11(24-3)9-13(16)25-4/h5-10,15,20H,1-4H3,(H,19,21)/t15-/m0/s1. The van der Waals surface area contributed by atoms with Crippen molar-refractivity contribution in [3.05, 3.63) is 34.7 Å². The first-order valence-corrected chi connectivity index (χ1v) is 10.7. The van der Waals surface area contributed by atoms with Gasteiger partial charge in [0, 0.05) is 12.1 Å². The minimum Gasteiger partial charge on any atom is -0.497 e. The van der Waals surface area contributed by atoms with E-state index in [0.29, 0.717) is 11.5 Å². The molecule has 1 aromatic heterocycles. The predicted octanol–water partition coefficient (Wildman–Crippen LogP) is 3.36. The van der Waals surface area contributed by atoms with E-state index in [9.17, 15) is 13.2 Å². The van der Waals surface area contributed by atoms with Crippen LogP contribution in [0.3, 0.4) is 0 Å². The molecular weight excluding hydrogens is 412 g/mol. The molecule has 27 heavy (non-hydrogen) atoms. The Morgan fingerprint density at radius 3 is 2.44 bits per heavy atom. The van der Waals surface area contributed by atoms with Gasteiger partial charge >= 0.3 is 0 Å². The number of carbonyl (C=O) groups excluding carboxylic acids is 1. The molecule has 0 unspecified atom stereocenters. The zero-order valence-corrected chi connectivity index (χ0v) is 17.7. The normalized spacial score (nSPS) is 12.7. The van der Waals surface area contributed by atoms with E-state index in [1.165, 1.54) is 26.4 Å². The van der Waals surface area contributed by atoms with Crippen LogP contribution in [0.25, 0.3) is 0 Å². The molecule has 0 spiro atoms. The lowest BCUT2D eigenvalue weighted by Gasteiger charge is -2.22. The summed E-state index contributed by atoms with van der Waals surface area (Å²) in [6.07, 6.45) is 0. The molecule has 2 N–H and O–H groups in total. The summed E-state index contributed by atoms with van der Waals surface area (Å²) in [5, 5.41) is 4.52. The number of sulfonamides is 1. The summed E-state index contributed by atoms with van der Waals surface area (Å²) in [7, 11) is -0.897. The number of nitrogens with one attached hydrogen (secondary N) is 2. The first-order chi connectivity index (χ1) is 12.7. The molecule has 1 heterocycles. The van der Waals surface area contributed by atoms with Crippen LogP contribution in [0.2, 0.25) is 5.02 Å². The van der Waals surface area contributed by atoms with Crippen molar-refractivity contribution in [3.8, 4) is 11.5 Å². The fourth-order valence-corrected chi connectivity index (χ4v) is 4.89. The number of amides is 1. The first kappa shape index (κ1) is 21.5. The second kappa shape index (κ2) is 8.92. The summed E-state index contributed by atoms with van der Waals surface area (Å²) < 4.78 is 38.0. The number of ether oxygens (including phenoxy) is 2. The van der Waals surface area contributed by atoms with Crippen LogP contribution in [0.5, 0.6) is 11.5 Å². The Bertz CT molecular complexity index is 898. The van der Waals surface area contributed by atoms with Crippen LogP contribution >= 0.6 is 22.9 Å². The highest BCUT2D eigenvalue weighted by Crippen LogP contribution is 2.37. The maximum Gasteiger partial charge on any atom is 0.250 e. The summed E-state index contributed by atoms with van der Waals surface area (Å²) in [5.74, 6) is -0.0803. The highest BCUT2D eigenvalue weighted by atomic mass is 35.5. The average Bonchev–Trinajstić information content (AvgIpc) is 3.16. The van der Waals surface area contributed by atoms with Crippen molar-refractivity contribution in [1.82, 2.24) is 4.72 Å². The smallest absolute Gasteiger partial charge is 0.250 e. The number of thiophene rings is 1. The molecule has 0 aliphatic rings. The van der Waals surface area contributed by atoms with Crippen molar-refractivity contribution in [3.63, 3.8) is 0 Å². The van der Waals surface area contributed by atoms with Gasteiger partial charge < -0.3 is 14.8 Å². The number of hydrogen-bond acceptors (Lipinski definition) is 6. The zero-order chi connectivity index (χ0) is 20.2. The molecule has 0 radical (unpaired) electrons. The molecule has 7 nitrogen and oxygen atoms in total. The quantitative estimate of drug-likeness (QED) is 0.667. The molecule has 0 fully saturated rings. The fourth-order valence-electron chi connectivity index (χ4n) is 2.29. The van der Waals surface area contributed by atoms with Crippen LogP contribution in [0.15, 0.2) is 33.9 Å². The Morgan fingerprint density at radius 1 is 1.22 bits per heavy atom. The van der Waals surface area contributed by atoms with Gasteiger partial charge in [0.25, 0.3) is 10.0 Å². The van der Waals surface area contributed by atoms with Crippen LogP contribution in [0, 0.1) is 5.92 Å². The van der Waals surface area contributed by atoms with Gasteiger partial charge in [-0.2, -0.15) is 4.72 Å². The zero-order valence-electron chi connectivity index (χ0n) is 15.3. The maximum absolute atomic E-state index is 12.8. The van der Waals surface area contributed by atoms with Gasteiger partial charge in [-0.15, -0.1) is 11.3 Å². The molecule has 1 amide bonds. The van der Waals surface area contributed by atoms with Gasteiger partial charge in [0.1, 0.15) is 27.4 Å². The van der Waals surface area contributed by atoms with Crippen molar-refractivity contribution >= 4 is 44.6 Å². The van der Waals surface area contributed by atoms with Gasteiger partial charge in [0.15, 0.2) is 0 Å². The summed E-state index contributed by atoms with van der Waals surface area (Å²) in [5.41, 5.74) is 0.242. The van der Waals surface area contributed by atoms with Crippen LogP contribution in [-0.2, 0) is 14.8 Å². The number of halogens is 1.